The molecule has 0 spiro atoms. The molecular weight excluding hydrogens is 222 g/mol. The largest absolute Gasteiger partial charge is 0.492 e. The Labute approximate surface area is 111 Å². The molecule has 2 heteroatoms. The van der Waals surface area contributed by atoms with Crippen molar-refractivity contribution in [1.29, 1.82) is 0 Å². The van der Waals surface area contributed by atoms with Gasteiger partial charge in [0.2, 0.25) is 0 Å². The first-order chi connectivity index (χ1) is 8.45. The first kappa shape index (κ1) is 14.8. The number of nitrogens with one attached hydrogen (secondary N) is 1. The van der Waals surface area contributed by atoms with Crippen LogP contribution in [0, 0.1) is 6.92 Å². The predicted octanol–water partition coefficient (Wildman–Crippen LogP) is 3.45. The highest BCUT2D eigenvalue weighted by Crippen LogP contribution is 2.27. The van der Waals surface area contributed by atoms with E-state index in [4.69, 9.17) is 4.74 Å². The number of ether oxygens (including phenoxy) is 1. The zero-order chi connectivity index (χ0) is 13.6. The van der Waals surface area contributed by atoms with Gasteiger partial charge in [-0.1, -0.05) is 39.0 Å². The normalized spacial score (nSPS) is 11.3. The lowest BCUT2D eigenvalue weighted by Gasteiger charge is -2.20. The van der Waals surface area contributed by atoms with E-state index in [0.717, 1.165) is 18.8 Å². The molecule has 0 amide bonds. The third-order valence-electron chi connectivity index (χ3n) is 2.87. The Morgan fingerprint density at radius 2 is 2.06 bits per heavy atom. The maximum Gasteiger partial charge on any atom is 0.122 e. The van der Waals surface area contributed by atoms with Crippen LogP contribution >= 0.6 is 0 Å². The van der Waals surface area contributed by atoms with E-state index in [1.54, 1.807) is 0 Å². The molecule has 0 saturated heterocycles. The first-order valence-electron chi connectivity index (χ1n) is 6.50. The molecule has 0 fully saturated rings. The molecule has 18 heavy (non-hydrogen) atoms. The highest BCUT2D eigenvalue weighted by atomic mass is 16.5. The SMILES string of the molecule is C=CCNCCOc1ccc(C(C)(C)C)cc1C. The van der Waals surface area contributed by atoms with Crippen molar-refractivity contribution < 1.29 is 4.74 Å². The molecule has 0 bridgehead atoms. The second-order valence-electron chi connectivity index (χ2n) is 5.57. The summed E-state index contributed by atoms with van der Waals surface area (Å²) >= 11 is 0. The summed E-state index contributed by atoms with van der Waals surface area (Å²) < 4.78 is 5.75. The van der Waals surface area contributed by atoms with Gasteiger partial charge in [0.05, 0.1) is 0 Å². The van der Waals surface area contributed by atoms with Gasteiger partial charge in [0.25, 0.3) is 0 Å². The predicted molar refractivity (Wildman–Crippen MR) is 78.4 cm³/mol. The van der Waals surface area contributed by atoms with Gasteiger partial charge in [0.1, 0.15) is 12.4 Å². The maximum absolute atomic E-state index is 5.75. The molecule has 1 rings (SSSR count). The molecule has 1 aromatic rings. The summed E-state index contributed by atoms with van der Waals surface area (Å²) in [6, 6.07) is 6.44. The van der Waals surface area contributed by atoms with Gasteiger partial charge in [0, 0.05) is 13.1 Å². The van der Waals surface area contributed by atoms with Crippen molar-refractivity contribution in [1.82, 2.24) is 5.32 Å². The van der Waals surface area contributed by atoms with Gasteiger partial charge in [-0.05, 0) is 29.5 Å². The molecule has 1 N–H and O–H groups in total. The fourth-order valence-corrected chi connectivity index (χ4v) is 1.72. The number of hydrogen-bond acceptors (Lipinski definition) is 2. The van der Waals surface area contributed by atoms with E-state index in [1.165, 1.54) is 11.1 Å². The van der Waals surface area contributed by atoms with Crippen LogP contribution in [0.3, 0.4) is 0 Å². The number of hydrogen-bond donors (Lipinski definition) is 1. The van der Waals surface area contributed by atoms with E-state index in [0.29, 0.717) is 6.61 Å². The topological polar surface area (TPSA) is 21.3 Å². The van der Waals surface area contributed by atoms with Gasteiger partial charge in [-0.2, -0.15) is 0 Å². The molecule has 0 atom stereocenters. The fraction of sp³-hybridized carbons (Fsp3) is 0.500. The van der Waals surface area contributed by atoms with Crippen LogP contribution in [0.25, 0.3) is 0 Å². The molecule has 0 radical (unpaired) electrons. The van der Waals surface area contributed by atoms with Gasteiger partial charge in [-0.3, -0.25) is 0 Å². The molecule has 0 aliphatic carbocycles. The Morgan fingerprint density at radius 1 is 1.33 bits per heavy atom. The Morgan fingerprint density at radius 3 is 2.61 bits per heavy atom. The first-order valence-corrected chi connectivity index (χ1v) is 6.50. The fourth-order valence-electron chi connectivity index (χ4n) is 1.72. The van der Waals surface area contributed by atoms with E-state index in [1.807, 2.05) is 6.08 Å². The van der Waals surface area contributed by atoms with Gasteiger partial charge >= 0.3 is 0 Å². The minimum Gasteiger partial charge on any atom is -0.492 e. The van der Waals surface area contributed by atoms with E-state index in [-0.39, 0.29) is 5.41 Å². The van der Waals surface area contributed by atoms with Crippen molar-refractivity contribution >= 4 is 0 Å². The van der Waals surface area contributed by atoms with E-state index in [9.17, 15) is 0 Å². The van der Waals surface area contributed by atoms with Crippen molar-refractivity contribution in [2.75, 3.05) is 19.7 Å². The Bertz CT molecular complexity index is 391. The van der Waals surface area contributed by atoms with E-state index in [2.05, 4.69) is 57.8 Å². The highest BCUT2D eigenvalue weighted by molar-refractivity contribution is 5.38. The van der Waals surface area contributed by atoms with Crippen molar-refractivity contribution in [3.05, 3.63) is 42.0 Å². The Balaban J connectivity index is 2.55. The minimum absolute atomic E-state index is 0.189. The van der Waals surface area contributed by atoms with Crippen molar-refractivity contribution in [2.45, 2.75) is 33.1 Å². The van der Waals surface area contributed by atoms with Crippen molar-refractivity contribution in [3.8, 4) is 5.75 Å². The zero-order valence-electron chi connectivity index (χ0n) is 12.0. The summed E-state index contributed by atoms with van der Waals surface area (Å²) in [5, 5.41) is 3.22. The van der Waals surface area contributed by atoms with Crippen molar-refractivity contribution in [3.63, 3.8) is 0 Å². The Kier molecular flexibility index (Phi) is 5.42. The molecular formula is C16H25NO. The lowest BCUT2D eigenvalue weighted by atomic mass is 9.86. The third kappa shape index (κ3) is 4.53. The summed E-state index contributed by atoms with van der Waals surface area (Å²) in [5.74, 6) is 0.975. The maximum atomic E-state index is 5.75. The molecule has 1 aromatic carbocycles. The van der Waals surface area contributed by atoms with Crippen molar-refractivity contribution in [2.24, 2.45) is 0 Å². The van der Waals surface area contributed by atoms with Crippen LogP contribution in [-0.2, 0) is 5.41 Å². The second-order valence-corrected chi connectivity index (χ2v) is 5.57. The summed E-state index contributed by atoms with van der Waals surface area (Å²) in [6.45, 7) is 14.8. The summed E-state index contributed by atoms with van der Waals surface area (Å²) in [4.78, 5) is 0. The lowest BCUT2D eigenvalue weighted by Crippen LogP contribution is -2.21. The monoisotopic (exact) mass is 247 g/mol. The van der Waals surface area contributed by atoms with Crippen LogP contribution in [0.15, 0.2) is 30.9 Å². The summed E-state index contributed by atoms with van der Waals surface area (Å²) in [7, 11) is 0. The van der Waals surface area contributed by atoms with E-state index >= 15 is 0 Å². The van der Waals surface area contributed by atoms with Gasteiger partial charge < -0.3 is 10.1 Å². The van der Waals surface area contributed by atoms with E-state index < -0.39 is 0 Å². The molecule has 0 heterocycles. The number of rotatable bonds is 6. The average molecular weight is 247 g/mol. The molecule has 0 aromatic heterocycles. The second kappa shape index (κ2) is 6.60. The highest BCUT2D eigenvalue weighted by Gasteiger charge is 2.14. The van der Waals surface area contributed by atoms with Crippen LogP contribution in [0.1, 0.15) is 31.9 Å². The number of aryl methyl sites for hydroxylation is 1. The summed E-state index contributed by atoms with van der Waals surface area (Å²) in [6.07, 6.45) is 1.85. The quantitative estimate of drug-likeness (QED) is 0.614. The standard InChI is InChI=1S/C16H25NO/c1-6-9-17-10-11-18-15-8-7-14(12-13(15)2)16(3,4)5/h6-8,12,17H,1,9-11H2,2-5H3. The van der Waals surface area contributed by atoms with Gasteiger partial charge in [-0.25, -0.2) is 0 Å². The van der Waals surface area contributed by atoms with Gasteiger partial charge in [-0.15, -0.1) is 6.58 Å². The zero-order valence-corrected chi connectivity index (χ0v) is 12.0. The van der Waals surface area contributed by atoms with Crippen LogP contribution in [0.5, 0.6) is 5.75 Å². The Hall–Kier alpha value is -1.28. The van der Waals surface area contributed by atoms with Crippen LogP contribution in [0.4, 0.5) is 0 Å². The van der Waals surface area contributed by atoms with Crippen LogP contribution < -0.4 is 10.1 Å². The third-order valence-corrected chi connectivity index (χ3v) is 2.87. The van der Waals surface area contributed by atoms with Crippen LogP contribution in [0.2, 0.25) is 0 Å². The smallest absolute Gasteiger partial charge is 0.122 e. The van der Waals surface area contributed by atoms with Crippen LogP contribution in [-0.4, -0.2) is 19.7 Å². The molecule has 100 valence electrons. The average Bonchev–Trinajstić information content (AvgIpc) is 2.29. The van der Waals surface area contributed by atoms with Gasteiger partial charge in [0.15, 0.2) is 0 Å². The number of benzene rings is 1. The molecule has 0 unspecified atom stereocenters. The molecule has 2 nitrogen and oxygen atoms in total. The summed E-state index contributed by atoms with van der Waals surface area (Å²) in [5.41, 5.74) is 2.73. The minimum atomic E-state index is 0.189. The lowest BCUT2D eigenvalue weighted by molar-refractivity contribution is 0.314. The molecule has 0 aliphatic heterocycles. The molecule has 0 aliphatic rings. The molecule has 0 saturated carbocycles.